The second kappa shape index (κ2) is 12.9. The van der Waals surface area contributed by atoms with Gasteiger partial charge < -0.3 is 15.7 Å². The standard InChI is InChI=1S/C22H31ClN4OS.HI/c1-3-24-22(25-15-19(28)20-9-10-21(23)29-20)26-18-11-13-27(14-12-18)16(2)17-7-5-4-6-8-17;/h4-10,16,18-19,28H,3,11-15H2,1-2H3,(H2,24,25,26);1H. The van der Waals surface area contributed by atoms with Crippen LogP contribution in [0.2, 0.25) is 4.34 Å². The molecule has 0 bridgehead atoms. The third-order valence-corrected chi connectivity index (χ3v) is 6.72. The number of halogens is 2. The molecule has 1 fully saturated rings. The average Bonchev–Trinajstić information content (AvgIpc) is 3.19. The summed E-state index contributed by atoms with van der Waals surface area (Å²) in [4.78, 5) is 7.98. The van der Waals surface area contributed by atoms with Crippen LogP contribution in [0.25, 0.3) is 0 Å². The van der Waals surface area contributed by atoms with E-state index in [1.54, 1.807) is 0 Å². The summed E-state index contributed by atoms with van der Waals surface area (Å²) in [7, 11) is 0. The van der Waals surface area contributed by atoms with Crippen LogP contribution in [0, 0.1) is 0 Å². The highest BCUT2D eigenvalue weighted by Crippen LogP contribution is 2.27. The first-order valence-corrected chi connectivity index (χ1v) is 11.5. The lowest BCUT2D eigenvalue weighted by atomic mass is 10.0. The highest BCUT2D eigenvalue weighted by Gasteiger charge is 2.24. The lowest BCUT2D eigenvalue weighted by molar-refractivity contribution is 0.158. The fourth-order valence-electron chi connectivity index (χ4n) is 3.66. The maximum atomic E-state index is 10.3. The van der Waals surface area contributed by atoms with Crippen molar-refractivity contribution in [3.8, 4) is 0 Å². The van der Waals surface area contributed by atoms with Crippen molar-refractivity contribution < 1.29 is 5.11 Å². The Bertz CT molecular complexity index is 780. The molecule has 2 aromatic rings. The lowest BCUT2D eigenvalue weighted by Gasteiger charge is -2.37. The van der Waals surface area contributed by atoms with Crippen LogP contribution in [0.3, 0.4) is 0 Å². The number of likely N-dealkylation sites (tertiary alicyclic amines) is 1. The molecule has 0 radical (unpaired) electrons. The summed E-state index contributed by atoms with van der Waals surface area (Å²) in [5, 5.41) is 17.2. The van der Waals surface area contributed by atoms with Gasteiger partial charge in [0.05, 0.1) is 10.9 Å². The highest BCUT2D eigenvalue weighted by atomic mass is 127. The van der Waals surface area contributed by atoms with Crippen LogP contribution in [0.1, 0.15) is 49.3 Å². The van der Waals surface area contributed by atoms with Crippen molar-refractivity contribution in [1.82, 2.24) is 15.5 Å². The first-order valence-electron chi connectivity index (χ1n) is 10.3. The van der Waals surface area contributed by atoms with Crippen LogP contribution >= 0.6 is 46.9 Å². The van der Waals surface area contributed by atoms with Gasteiger partial charge >= 0.3 is 0 Å². The first kappa shape index (κ1) is 25.4. The second-order valence-electron chi connectivity index (χ2n) is 7.42. The highest BCUT2D eigenvalue weighted by molar-refractivity contribution is 14.0. The number of thiophene rings is 1. The molecule has 8 heteroatoms. The molecule has 2 unspecified atom stereocenters. The summed E-state index contributed by atoms with van der Waals surface area (Å²) in [6.07, 6.45) is 1.52. The Hall–Kier alpha value is -0.870. The van der Waals surface area contributed by atoms with E-state index in [-0.39, 0.29) is 24.0 Å². The topological polar surface area (TPSA) is 59.9 Å². The molecule has 1 aliphatic rings. The minimum absolute atomic E-state index is 0. The minimum Gasteiger partial charge on any atom is -0.386 e. The van der Waals surface area contributed by atoms with Gasteiger partial charge in [-0.05, 0) is 44.4 Å². The zero-order valence-electron chi connectivity index (χ0n) is 17.6. The van der Waals surface area contributed by atoms with Gasteiger partial charge in [0.25, 0.3) is 0 Å². The van der Waals surface area contributed by atoms with Crippen molar-refractivity contribution in [2.75, 3.05) is 26.2 Å². The summed E-state index contributed by atoms with van der Waals surface area (Å²) in [5.74, 6) is 0.767. The summed E-state index contributed by atoms with van der Waals surface area (Å²) in [6.45, 7) is 7.56. The lowest BCUT2D eigenvalue weighted by Crippen LogP contribution is -2.49. The molecule has 3 rings (SSSR count). The van der Waals surface area contributed by atoms with Gasteiger partial charge in [0.15, 0.2) is 5.96 Å². The number of nitrogens with zero attached hydrogens (tertiary/aromatic N) is 2. The zero-order chi connectivity index (χ0) is 20.6. The molecule has 1 aromatic carbocycles. The molecular formula is C22H32ClIN4OS. The Morgan fingerprint density at radius 3 is 2.53 bits per heavy atom. The number of aliphatic hydroxyl groups excluding tert-OH is 1. The number of nitrogens with one attached hydrogen (secondary N) is 2. The third kappa shape index (κ3) is 7.37. The largest absolute Gasteiger partial charge is 0.386 e. The van der Waals surface area contributed by atoms with E-state index in [1.165, 1.54) is 16.9 Å². The molecule has 30 heavy (non-hydrogen) atoms. The fourth-order valence-corrected chi connectivity index (χ4v) is 4.70. The van der Waals surface area contributed by atoms with E-state index >= 15 is 0 Å². The fraction of sp³-hybridized carbons (Fsp3) is 0.500. The summed E-state index contributed by atoms with van der Waals surface area (Å²) < 4.78 is 0.685. The van der Waals surface area contributed by atoms with Gasteiger partial charge in [-0.1, -0.05) is 41.9 Å². The number of aliphatic hydroxyl groups is 1. The Morgan fingerprint density at radius 1 is 1.23 bits per heavy atom. The number of rotatable bonds is 7. The van der Waals surface area contributed by atoms with Gasteiger partial charge in [-0.2, -0.15) is 0 Å². The van der Waals surface area contributed by atoms with E-state index in [0.29, 0.717) is 23.0 Å². The number of piperidine rings is 1. The number of hydrogen-bond acceptors (Lipinski definition) is 4. The predicted molar refractivity (Wildman–Crippen MR) is 138 cm³/mol. The summed E-state index contributed by atoms with van der Waals surface area (Å²) in [6, 6.07) is 15.2. The second-order valence-corrected chi connectivity index (χ2v) is 9.17. The summed E-state index contributed by atoms with van der Waals surface area (Å²) >= 11 is 7.36. The van der Waals surface area contributed by atoms with Gasteiger partial charge in [0, 0.05) is 36.6 Å². The molecular weight excluding hydrogens is 531 g/mol. The van der Waals surface area contributed by atoms with Gasteiger partial charge in [0.1, 0.15) is 6.10 Å². The molecule has 0 saturated carbocycles. The van der Waals surface area contributed by atoms with E-state index in [4.69, 9.17) is 11.6 Å². The monoisotopic (exact) mass is 562 g/mol. The van der Waals surface area contributed by atoms with Crippen molar-refractivity contribution >= 4 is 52.9 Å². The van der Waals surface area contributed by atoms with Crippen molar-refractivity contribution in [2.24, 2.45) is 4.99 Å². The average molecular weight is 563 g/mol. The molecule has 3 N–H and O–H groups in total. The van der Waals surface area contributed by atoms with Gasteiger partial charge in [-0.3, -0.25) is 9.89 Å². The van der Waals surface area contributed by atoms with E-state index in [2.05, 4.69) is 64.7 Å². The van der Waals surface area contributed by atoms with Crippen molar-refractivity contribution in [3.05, 3.63) is 57.2 Å². The number of guanidine groups is 1. The van der Waals surface area contributed by atoms with Crippen LogP contribution in [0.4, 0.5) is 0 Å². The molecule has 5 nitrogen and oxygen atoms in total. The third-order valence-electron chi connectivity index (χ3n) is 5.39. The smallest absolute Gasteiger partial charge is 0.191 e. The predicted octanol–water partition coefficient (Wildman–Crippen LogP) is 4.83. The van der Waals surface area contributed by atoms with Gasteiger partial charge in [0.2, 0.25) is 0 Å². The van der Waals surface area contributed by atoms with E-state index in [1.807, 2.05) is 12.1 Å². The van der Waals surface area contributed by atoms with Gasteiger partial charge in [-0.25, -0.2) is 0 Å². The van der Waals surface area contributed by atoms with E-state index in [0.717, 1.165) is 43.3 Å². The van der Waals surface area contributed by atoms with Crippen molar-refractivity contribution in [1.29, 1.82) is 0 Å². The Balaban J connectivity index is 0.00000320. The Labute approximate surface area is 205 Å². The van der Waals surface area contributed by atoms with Crippen LogP contribution in [-0.4, -0.2) is 48.2 Å². The molecule has 0 amide bonds. The molecule has 2 atom stereocenters. The summed E-state index contributed by atoms with van der Waals surface area (Å²) in [5.41, 5.74) is 1.37. The van der Waals surface area contributed by atoms with E-state index in [9.17, 15) is 5.11 Å². The Morgan fingerprint density at radius 2 is 1.93 bits per heavy atom. The molecule has 1 saturated heterocycles. The maximum Gasteiger partial charge on any atom is 0.191 e. The maximum absolute atomic E-state index is 10.3. The van der Waals surface area contributed by atoms with Crippen LogP contribution in [0.15, 0.2) is 47.5 Å². The van der Waals surface area contributed by atoms with Gasteiger partial charge in [-0.15, -0.1) is 35.3 Å². The Kier molecular flexibility index (Phi) is 10.9. The molecule has 1 aliphatic heterocycles. The van der Waals surface area contributed by atoms with Crippen LogP contribution in [0.5, 0.6) is 0 Å². The SMILES string of the molecule is CCNC(=NCC(O)c1ccc(Cl)s1)NC1CCN(C(C)c2ccccc2)CC1.I. The quantitative estimate of drug-likeness (QED) is 0.257. The zero-order valence-corrected chi connectivity index (χ0v) is 21.5. The first-order chi connectivity index (χ1) is 14.1. The number of benzene rings is 1. The van der Waals surface area contributed by atoms with Crippen LogP contribution in [-0.2, 0) is 0 Å². The van der Waals surface area contributed by atoms with Crippen molar-refractivity contribution in [3.63, 3.8) is 0 Å². The molecule has 2 heterocycles. The molecule has 166 valence electrons. The minimum atomic E-state index is -0.628. The molecule has 0 aliphatic carbocycles. The molecule has 1 aromatic heterocycles. The van der Waals surface area contributed by atoms with Crippen molar-refractivity contribution in [2.45, 2.75) is 44.9 Å². The number of hydrogen-bond donors (Lipinski definition) is 3. The van der Waals surface area contributed by atoms with Crippen LogP contribution < -0.4 is 10.6 Å². The van der Waals surface area contributed by atoms with E-state index < -0.39 is 6.10 Å². The number of aliphatic imine (C=N–C) groups is 1. The normalized spacial score (nSPS) is 17.8. The molecule has 0 spiro atoms.